The first-order chi connectivity index (χ1) is 20.2. The van der Waals surface area contributed by atoms with E-state index in [0.717, 1.165) is 0 Å². The Morgan fingerprint density at radius 2 is 1.81 bits per heavy atom. The SMILES string of the molecule is CC(=O)OCC1CCC2(C)C(CC(OC(C)=O)C3(C)Oc4cc(-c5cccnc5)oc(=O)c4C(O)C23)C1(C)COC(C)=O. The van der Waals surface area contributed by atoms with Crippen LogP contribution in [0.1, 0.15) is 72.5 Å². The van der Waals surface area contributed by atoms with Crippen LogP contribution in [-0.4, -0.2) is 52.9 Å². The normalized spacial score (nSPS) is 34.4. The highest BCUT2D eigenvalue weighted by molar-refractivity contribution is 5.67. The molecule has 232 valence electrons. The highest BCUT2D eigenvalue weighted by atomic mass is 16.6. The molecule has 2 fully saturated rings. The Balaban J connectivity index is 1.64. The molecule has 2 aromatic rings. The van der Waals surface area contributed by atoms with E-state index in [2.05, 4.69) is 4.98 Å². The maximum Gasteiger partial charge on any atom is 0.345 e. The van der Waals surface area contributed by atoms with E-state index in [1.807, 2.05) is 20.8 Å². The van der Waals surface area contributed by atoms with Gasteiger partial charge in [-0.15, -0.1) is 0 Å². The molecule has 3 aliphatic rings. The van der Waals surface area contributed by atoms with Gasteiger partial charge in [0.15, 0.2) is 0 Å². The number of fused-ring (bicyclic) bond motifs is 4. The predicted octanol–water partition coefficient (Wildman–Crippen LogP) is 4.00. The number of esters is 3. The van der Waals surface area contributed by atoms with E-state index < -0.39 is 58.1 Å². The number of aliphatic hydroxyl groups is 1. The molecule has 2 aliphatic carbocycles. The average molecular weight is 598 g/mol. The molecule has 2 aromatic heterocycles. The smallest absolute Gasteiger partial charge is 0.345 e. The van der Waals surface area contributed by atoms with Gasteiger partial charge in [-0.05, 0) is 49.7 Å². The van der Waals surface area contributed by atoms with Gasteiger partial charge in [0.2, 0.25) is 0 Å². The zero-order valence-corrected chi connectivity index (χ0v) is 25.4. The van der Waals surface area contributed by atoms with Crippen molar-refractivity contribution in [2.45, 2.75) is 78.6 Å². The van der Waals surface area contributed by atoms with Crippen molar-refractivity contribution in [3.05, 3.63) is 46.6 Å². The topological polar surface area (TPSA) is 151 Å². The molecule has 8 unspecified atom stereocenters. The molecular weight excluding hydrogens is 558 g/mol. The summed E-state index contributed by atoms with van der Waals surface area (Å²) >= 11 is 0. The van der Waals surface area contributed by atoms with Crippen LogP contribution in [0.4, 0.5) is 0 Å². The molecule has 11 heteroatoms. The van der Waals surface area contributed by atoms with Crippen LogP contribution in [0, 0.1) is 28.6 Å². The first-order valence-electron chi connectivity index (χ1n) is 14.6. The van der Waals surface area contributed by atoms with Crippen LogP contribution in [0.25, 0.3) is 11.3 Å². The summed E-state index contributed by atoms with van der Waals surface area (Å²) < 4.78 is 29.3. The van der Waals surface area contributed by atoms with Crippen LogP contribution in [0.3, 0.4) is 0 Å². The summed E-state index contributed by atoms with van der Waals surface area (Å²) in [6.45, 7) is 10.00. The fourth-order valence-corrected chi connectivity index (χ4v) is 8.26. The van der Waals surface area contributed by atoms with Crippen LogP contribution < -0.4 is 10.4 Å². The number of aliphatic hydroxyl groups excluding tert-OH is 1. The van der Waals surface area contributed by atoms with Gasteiger partial charge in [-0.2, -0.15) is 0 Å². The molecule has 11 nitrogen and oxygen atoms in total. The summed E-state index contributed by atoms with van der Waals surface area (Å²) in [5.74, 6) is -2.18. The molecule has 2 saturated carbocycles. The van der Waals surface area contributed by atoms with Crippen molar-refractivity contribution in [2.24, 2.45) is 28.6 Å². The molecule has 0 amide bonds. The molecule has 3 heterocycles. The molecule has 0 aromatic carbocycles. The number of hydrogen-bond donors (Lipinski definition) is 1. The lowest BCUT2D eigenvalue weighted by Crippen LogP contribution is -2.70. The van der Waals surface area contributed by atoms with Crippen LogP contribution in [-0.2, 0) is 28.6 Å². The van der Waals surface area contributed by atoms with E-state index in [4.69, 9.17) is 23.4 Å². The highest BCUT2D eigenvalue weighted by Gasteiger charge is 2.70. The van der Waals surface area contributed by atoms with Gasteiger partial charge in [0, 0.05) is 62.0 Å². The summed E-state index contributed by atoms with van der Waals surface area (Å²) in [4.78, 5) is 53.8. The van der Waals surface area contributed by atoms with Gasteiger partial charge >= 0.3 is 23.5 Å². The monoisotopic (exact) mass is 597 g/mol. The second-order valence-electron chi connectivity index (χ2n) is 12.8. The highest BCUT2D eigenvalue weighted by Crippen LogP contribution is 2.68. The molecule has 5 rings (SSSR count). The largest absolute Gasteiger partial charge is 0.482 e. The minimum atomic E-state index is -1.32. The first kappa shape index (κ1) is 30.7. The van der Waals surface area contributed by atoms with Crippen molar-refractivity contribution in [1.82, 2.24) is 4.98 Å². The van der Waals surface area contributed by atoms with Crippen LogP contribution in [0.2, 0.25) is 0 Å². The number of pyridine rings is 1. The Labute approximate surface area is 249 Å². The van der Waals surface area contributed by atoms with Gasteiger partial charge in [0.05, 0.1) is 19.3 Å². The quantitative estimate of drug-likeness (QED) is 0.380. The second-order valence-corrected chi connectivity index (χ2v) is 12.8. The number of ether oxygens (including phenoxy) is 4. The number of rotatable bonds is 6. The fourth-order valence-electron chi connectivity index (χ4n) is 8.26. The lowest BCUT2D eigenvalue weighted by molar-refractivity contribution is -0.265. The zero-order chi connectivity index (χ0) is 31.3. The summed E-state index contributed by atoms with van der Waals surface area (Å²) in [6.07, 6.45) is 2.52. The van der Waals surface area contributed by atoms with E-state index in [-0.39, 0.29) is 42.1 Å². The predicted molar refractivity (Wildman–Crippen MR) is 152 cm³/mol. The summed E-state index contributed by atoms with van der Waals surface area (Å²) in [6, 6.07) is 5.03. The summed E-state index contributed by atoms with van der Waals surface area (Å²) in [5.41, 5.74) is -2.81. The molecule has 8 atom stereocenters. The first-order valence-corrected chi connectivity index (χ1v) is 14.6. The maximum atomic E-state index is 13.5. The lowest BCUT2D eigenvalue weighted by Gasteiger charge is -2.66. The molecule has 1 N–H and O–H groups in total. The molecular formula is C32H39NO10. The van der Waals surface area contributed by atoms with E-state index in [0.29, 0.717) is 24.8 Å². The van der Waals surface area contributed by atoms with Crippen molar-refractivity contribution >= 4 is 17.9 Å². The Morgan fingerprint density at radius 1 is 1.09 bits per heavy atom. The minimum Gasteiger partial charge on any atom is -0.482 e. The van der Waals surface area contributed by atoms with Gasteiger partial charge < -0.3 is 28.5 Å². The van der Waals surface area contributed by atoms with Gasteiger partial charge in [-0.1, -0.05) is 13.8 Å². The van der Waals surface area contributed by atoms with Crippen molar-refractivity contribution in [2.75, 3.05) is 13.2 Å². The summed E-state index contributed by atoms with van der Waals surface area (Å²) in [5, 5.41) is 12.1. The fraction of sp³-hybridized carbons (Fsp3) is 0.594. The molecule has 0 spiro atoms. The number of carbonyl (C=O) groups excluding carboxylic acids is 3. The third-order valence-electron chi connectivity index (χ3n) is 10.2. The number of nitrogens with zero attached hydrogens (tertiary/aromatic N) is 1. The van der Waals surface area contributed by atoms with E-state index in [1.54, 1.807) is 30.6 Å². The molecule has 0 bridgehead atoms. The number of hydrogen-bond acceptors (Lipinski definition) is 11. The van der Waals surface area contributed by atoms with Gasteiger partial charge in [0.1, 0.15) is 28.8 Å². The maximum absolute atomic E-state index is 13.5. The number of aromatic nitrogens is 1. The van der Waals surface area contributed by atoms with E-state index in [1.165, 1.54) is 20.8 Å². The third-order valence-corrected chi connectivity index (χ3v) is 10.2. The van der Waals surface area contributed by atoms with Gasteiger partial charge in [0.25, 0.3) is 0 Å². The third kappa shape index (κ3) is 5.21. The Bertz CT molecular complexity index is 1470. The van der Waals surface area contributed by atoms with E-state index in [9.17, 15) is 24.3 Å². The van der Waals surface area contributed by atoms with E-state index >= 15 is 0 Å². The second kappa shape index (κ2) is 11.1. The van der Waals surface area contributed by atoms with Gasteiger partial charge in [-0.25, -0.2) is 4.79 Å². The standard InChI is InChI=1S/C32H39NO10/c1-17(34)39-15-21-9-10-30(4)24(31(21,5)16-40-18(2)35)13-25(41-19(3)36)32(6)28(30)27(37)26-23(43-32)12-22(42-29(26)38)20-8-7-11-33-14-20/h7-8,11-12,14,21,24-25,27-28,37H,9-10,13,15-16H2,1-6H3. The van der Waals surface area contributed by atoms with Crippen LogP contribution >= 0.6 is 0 Å². The van der Waals surface area contributed by atoms with Crippen LogP contribution in [0.5, 0.6) is 5.75 Å². The van der Waals surface area contributed by atoms with Crippen molar-refractivity contribution in [3.8, 4) is 17.1 Å². The van der Waals surface area contributed by atoms with Crippen molar-refractivity contribution in [1.29, 1.82) is 0 Å². The lowest BCUT2D eigenvalue weighted by atomic mass is 9.41. The minimum absolute atomic E-state index is 0.00212. The summed E-state index contributed by atoms with van der Waals surface area (Å²) in [7, 11) is 0. The molecule has 1 aliphatic heterocycles. The number of carbonyl (C=O) groups is 3. The Morgan fingerprint density at radius 3 is 2.44 bits per heavy atom. The van der Waals surface area contributed by atoms with Crippen LogP contribution in [0.15, 0.2) is 39.8 Å². The Hall–Kier alpha value is -3.73. The molecule has 0 radical (unpaired) electrons. The zero-order valence-electron chi connectivity index (χ0n) is 25.4. The van der Waals surface area contributed by atoms with Gasteiger partial charge in [-0.3, -0.25) is 19.4 Å². The molecule has 0 saturated heterocycles. The van der Waals surface area contributed by atoms with Crippen molar-refractivity contribution in [3.63, 3.8) is 0 Å². The Kier molecular flexibility index (Phi) is 7.91. The average Bonchev–Trinajstić information content (AvgIpc) is 2.92. The van der Waals surface area contributed by atoms with Crippen molar-refractivity contribution < 1.29 is 42.9 Å². The molecule has 43 heavy (non-hydrogen) atoms.